The summed E-state index contributed by atoms with van der Waals surface area (Å²) >= 11 is 0. The van der Waals surface area contributed by atoms with Crippen molar-refractivity contribution in [1.29, 1.82) is 0 Å². The van der Waals surface area contributed by atoms with Gasteiger partial charge in [-0.3, -0.25) is 9.59 Å². The maximum absolute atomic E-state index is 11.1. The molecule has 0 radical (unpaired) electrons. The van der Waals surface area contributed by atoms with Crippen molar-refractivity contribution in [1.82, 2.24) is 0 Å². The van der Waals surface area contributed by atoms with E-state index >= 15 is 0 Å². The fourth-order valence-corrected chi connectivity index (χ4v) is 1.33. The molecule has 5 heteroatoms. The van der Waals surface area contributed by atoms with Crippen molar-refractivity contribution in [2.45, 2.75) is 25.8 Å². The number of rotatable bonds is 7. The van der Waals surface area contributed by atoms with Crippen LogP contribution in [0.15, 0.2) is 24.3 Å². The molecular weight excluding hydrogens is 234 g/mol. The highest BCUT2D eigenvalue weighted by molar-refractivity contribution is 5.79. The van der Waals surface area contributed by atoms with E-state index in [9.17, 15) is 9.59 Å². The molecule has 0 aliphatic carbocycles. The molecule has 0 aromatic heterocycles. The first-order valence-corrected chi connectivity index (χ1v) is 5.74. The molecular formula is C13H17NO4. The minimum atomic E-state index is -1.02. The van der Waals surface area contributed by atoms with Crippen LogP contribution in [0.4, 0.5) is 0 Å². The SMILES string of the molecule is CCC(=O)COc1ccc(C[C@H](N)C(=O)O)cc1. The molecule has 0 saturated carbocycles. The maximum atomic E-state index is 11.1. The van der Waals surface area contributed by atoms with Crippen LogP contribution in [0, 0.1) is 0 Å². The molecule has 0 bridgehead atoms. The van der Waals surface area contributed by atoms with Crippen molar-refractivity contribution in [3.63, 3.8) is 0 Å². The predicted molar refractivity (Wildman–Crippen MR) is 66.6 cm³/mol. The number of hydrogen-bond donors (Lipinski definition) is 2. The third-order valence-electron chi connectivity index (χ3n) is 2.49. The Hall–Kier alpha value is -1.88. The summed E-state index contributed by atoms with van der Waals surface area (Å²) in [5.74, 6) is -0.403. The molecule has 0 aliphatic heterocycles. The number of aliphatic carboxylic acids is 1. The summed E-state index contributed by atoms with van der Waals surface area (Å²) in [7, 11) is 0. The lowest BCUT2D eigenvalue weighted by Crippen LogP contribution is -2.32. The third kappa shape index (κ3) is 4.55. The van der Waals surface area contributed by atoms with E-state index in [0.29, 0.717) is 12.2 Å². The van der Waals surface area contributed by atoms with Gasteiger partial charge in [0.2, 0.25) is 0 Å². The minimum absolute atomic E-state index is 0.0342. The summed E-state index contributed by atoms with van der Waals surface area (Å²) in [6, 6.07) is 5.99. The molecule has 1 aromatic rings. The standard InChI is InChI=1S/C13H17NO4/c1-2-10(15)8-18-11-5-3-9(4-6-11)7-12(14)13(16)17/h3-6,12H,2,7-8,14H2,1H3,(H,16,17)/t12-/m0/s1. The Morgan fingerprint density at radius 3 is 2.44 bits per heavy atom. The van der Waals surface area contributed by atoms with E-state index in [4.69, 9.17) is 15.6 Å². The minimum Gasteiger partial charge on any atom is -0.486 e. The average Bonchev–Trinajstić information content (AvgIpc) is 2.37. The van der Waals surface area contributed by atoms with Crippen LogP contribution in [-0.2, 0) is 16.0 Å². The second kappa shape index (κ2) is 6.76. The second-order valence-corrected chi connectivity index (χ2v) is 3.97. The molecule has 1 rings (SSSR count). The molecule has 3 N–H and O–H groups in total. The Morgan fingerprint density at radius 1 is 1.33 bits per heavy atom. The Kier molecular flexibility index (Phi) is 5.32. The lowest BCUT2D eigenvalue weighted by molar-refractivity contribution is -0.138. The third-order valence-corrected chi connectivity index (χ3v) is 2.49. The molecule has 0 heterocycles. The van der Waals surface area contributed by atoms with Crippen LogP contribution in [0.1, 0.15) is 18.9 Å². The van der Waals surface area contributed by atoms with Crippen molar-refractivity contribution in [3.8, 4) is 5.75 Å². The molecule has 0 amide bonds. The van der Waals surface area contributed by atoms with Crippen LogP contribution in [0.2, 0.25) is 0 Å². The molecule has 1 aromatic carbocycles. The number of ether oxygens (including phenoxy) is 1. The van der Waals surface area contributed by atoms with E-state index in [-0.39, 0.29) is 18.8 Å². The predicted octanol–water partition coefficient (Wildman–Crippen LogP) is 0.999. The van der Waals surface area contributed by atoms with Crippen LogP contribution in [-0.4, -0.2) is 29.5 Å². The van der Waals surface area contributed by atoms with Gasteiger partial charge in [0.05, 0.1) is 0 Å². The fraction of sp³-hybridized carbons (Fsp3) is 0.385. The molecule has 0 saturated heterocycles. The number of nitrogens with two attached hydrogens (primary N) is 1. The van der Waals surface area contributed by atoms with E-state index in [1.54, 1.807) is 31.2 Å². The molecule has 0 aliphatic rings. The normalized spacial score (nSPS) is 11.9. The summed E-state index contributed by atoms with van der Waals surface area (Å²) < 4.78 is 5.27. The topological polar surface area (TPSA) is 89.6 Å². The van der Waals surface area contributed by atoms with Crippen LogP contribution in [0.25, 0.3) is 0 Å². The van der Waals surface area contributed by atoms with Crippen molar-refractivity contribution in [2.75, 3.05) is 6.61 Å². The first-order chi connectivity index (χ1) is 8.52. The smallest absolute Gasteiger partial charge is 0.320 e. The Labute approximate surface area is 106 Å². The Bertz CT molecular complexity index is 414. The van der Waals surface area contributed by atoms with Gasteiger partial charge in [-0.05, 0) is 24.1 Å². The van der Waals surface area contributed by atoms with Crippen molar-refractivity contribution >= 4 is 11.8 Å². The number of carbonyl (C=O) groups excluding carboxylic acids is 1. The first-order valence-electron chi connectivity index (χ1n) is 5.74. The highest BCUT2D eigenvalue weighted by Gasteiger charge is 2.11. The second-order valence-electron chi connectivity index (χ2n) is 3.97. The number of carboxylic acids is 1. The van der Waals surface area contributed by atoms with Gasteiger partial charge < -0.3 is 15.6 Å². The van der Waals surface area contributed by atoms with Gasteiger partial charge in [-0.15, -0.1) is 0 Å². The summed E-state index contributed by atoms with van der Waals surface area (Å²) in [5.41, 5.74) is 6.25. The van der Waals surface area contributed by atoms with Gasteiger partial charge in [-0.1, -0.05) is 19.1 Å². The highest BCUT2D eigenvalue weighted by Crippen LogP contribution is 2.13. The van der Waals surface area contributed by atoms with Gasteiger partial charge in [-0.2, -0.15) is 0 Å². The molecule has 98 valence electrons. The van der Waals surface area contributed by atoms with E-state index in [0.717, 1.165) is 5.56 Å². The van der Waals surface area contributed by atoms with Crippen LogP contribution < -0.4 is 10.5 Å². The van der Waals surface area contributed by atoms with Crippen molar-refractivity contribution < 1.29 is 19.4 Å². The van der Waals surface area contributed by atoms with Crippen LogP contribution >= 0.6 is 0 Å². The number of ketones is 1. The van der Waals surface area contributed by atoms with Crippen LogP contribution in [0.3, 0.4) is 0 Å². The average molecular weight is 251 g/mol. The zero-order valence-corrected chi connectivity index (χ0v) is 10.3. The largest absolute Gasteiger partial charge is 0.486 e. The fourth-order valence-electron chi connectivity index (χ4n) is 1.33. The maximum Gasteiger partial charge on any atom is 0.320 e. The summed E-state index contributed by atoms with van der Waals surface area (Å²) in [4.78, 5) is 21.7. The number of carboxylic acid groups (broad SMARTS) is 1. The molecule has 0 fully saturated rings. The summed E-state index contributed by atoms with van der Waals surface area (Å²) in [6.45, 7) is 1.84. The van der Waals surface area contributed by atoms with Gasteiger partial charge in [0.25, 0.3) is 0 Å². The number of Topliss-reactive ketones (excluding diaryl/α,β-unsaturated/α-hetero) is 1. The van der Waals surface area contributed by atoms with E-state index in [2.05, 4.69) is 0 Å². The van der Waals surface area contributed by atoms with Crippen molar-refractivity contribution in [2.24, 2.45) is 5.73 Å². The zero-order chi connectivity index (χ0) is 13.5. The molecule has 0 unspecified atom stereocenters. The monoisotopic (exact) mass is 251 g/mol. The number of hydrogen-bond acceptors (Lipinski definition) is 4. The first kappa shape index (κ1) is 14.2. The summed E-state index contributed by atoms with van der Waals surface area (Å²) in [6.07, 6.45) is 0.717. The zero-order valence-electron chi connectivity index (χ0n) is 10.3. The van der Waals surface area contributed by atoms with Gasteiger partial charge >= 0.3 is 5.97 Å². The van der Waals surface area contributed by atoms with Gasteiger partial charge in [-0.25, -0.2) is 0 Å². The molecule has 5 nitrogen and oxygen atoms in total. The lowest BCUT2D eigenvalue weighted by Gasteiger charge is -2.08. The van der Waals surface area contributed by atoms with Gasteiger partial charge in [0.1, 0.15) is 18.4 Å². The van der Waals surface area contributed by atoms with E-state index in [1.807, 2.05) is 0 Å². The Balaban J connectivity index is 2.52. The number of carbonyl (C=O) groups is 2. The van der Waals surface area contributed by atoms with E-state index < -0.39 is 12.0 Å². The Morgan fingerprint density at radius 2 is 1.94 bits per heavy atom. The lowest BCUT2D eigenvalue weighted by atomic mass is 10.1. The molecule has 0 spiro atoms. The van der Waals surface area contributed by atoms with Crippen molar-refractivity contribution in [3.05, 3.63) is 29.8 Å². The number of benzene rings is 1. The quantitative estimate of drug-likeness (QED) is 0.754. The van der Waals surface area contributed by atoms with Crippen LogP contribution in [0.5, 0.6) is 5.75 Å². The van der Waals surface area contributed by atoms with Gasteiger partial charge in [0.15, 0.2) is 5.78 Å². The highest BCUT2D eigenvalue weighted by atomic mass is 16.5. The van der Waals surface area contributed by atoms with Gasteiger partial charge in [0, 0.05) is 6.42 Å². The van der Waals surface area contributed by atoms with E-state index in [1.165, 1.54) is 0 Å². The molecule has 18 heavy (non-hydrogen) atoms. The molecule has 1 atom stereocenters. The summed E-state index contributed by atoms with van der Waals surface area (Å²) in [5, 5.41) is 8.68.